The minimum Gasteiger partial charge on any atom is -0.326 e. The van der Waals surface area contributed by atoms with E-state index in [2.05, 4.69) is 0 Å². The van der Waals surface area contributed by atoms with Crippen LogP contribution in [0.3, 0.4) is 0 Å². The highest BCUT2D eigenvalue weighted by molar-refractivity contribution is 4.90. The molecule has 0 N–H and O–H groups in total. The van der Waals surface area contributed by atoms with Crippen molar-refractivity contribution in [2.45, 2.75) is 18.0 Å². The maximum absolute atomic E-state index is 12.7. The van der Waals surface area contributed by atoms with Gasteiger partial charge in [-0.15, -0.1) is 0 Å². The SMILES string of the molecule is C[N+](C)(C)CC(F)(F)C(F)(F)C(F)(F)F. The molecule has 0 saturated carbocycles. The Kier molecular flexibility index (Phi) is 3.37. The molecule has 1 nitrogen and oxygen atoms in total. The summed E-state index contributed by atoms with van der Waals surface area (Å²) in [4.78, 5) is 0. The fourth-order valence-electron chi connectivity index (χ4n) is 0.902. The highest BCUT2D eigenvalue weighted by atomic mass is 19.4. The van der Waals surface area contributed by atoms with Gasteiger partial charge in [0.25, 0.3) is 0 Å². The van der Waals surface area contributed by atoms with Crippen molar-refractivity contribution in [3.8, 4) is 0 Å². The Morgan fingerprint density at radius 1 is 0.800 bits per heavy atom. The van der Waals surface area contributed by atoms with Gasteiger partial charge in [0.05, 0.1) is 21.1 Å². The number of nitrogens with zero attached hydrogens (tertiary/aromatic N) is 1. The van der Waals surface area contributed by atoms with E-state index in [4.69, 9.17) is 0 Å². The molecule has 0 bridgehead atoms. The molecule has 0 atom stereocenters. The van der Waals surface area contributed by atoms with Crippen LogP contribution in [0.25, 0.3) is 0 Å². The van der Waals surface area contributed by atoms with E-state index < -0.39 is 29.0 Å². The van der Waals surface area contributed by atoms with Gasteiger partial charge in [-0.2, -0.15) is 30.7 Å². The zero-order valence-electron chi connectivity index (χ0n) is 8.30. The summed E-state index contributed by atoms with van der Waals surface area (Å²) in [6, 6.07) is 0. The predicted octanol–water partition coefficient (Wildman–Crippen LogP) is 2.53. The van der Waals surface area contributed by atoms with Gasteiger partial charge in [-0.3, -0.25) is 0 Å². The van der Waals surface area contributed by atoms with E-state index in [1.807, 2.05) is 0 Å². The third-order valence-electron chi connectivity index (χ3n) is 1.49. The van der Waals surface area contributed by atoms with Crippen LogP contribution in [0.2, 0.25) is 0 Å². The summed E-state index contributed by atoms with van der Waals surface area (Å²) in [6.45, 7) is -1.60. The molecule has 15 heavy (non-hydrogen) atoms. The zero-order chi connectivity index (χ0) is 12.7. The standard InChI is InChI=1S/C7H11F7N/c1-15(2,3)4-5(8,9)6(10,11)7(12,13)14/h4H2,1-3H3/q+1. The third-order valence-corrected chi connectivity index (χ3v) is 1.49. The van der Waals surface area contributed by atoms with Crippen LogP contribution in [-0.2, 0) is 0 Å². The number of hydrogen-bond acceptors (Lipinski definition) is 0. The molecule has 0 aliphatic carbocycles. The molecule has 0 rings (SSSR count). The molecule has 0 unspecified atom stereocenters. The van der Waals surface area contributed by atoms with Gasteiger partial charge in [-0.1, -0.05) is 0 Å². The second kappa shape index (κ2) is 3.50. The van der Waals surface area contributed by atoms with Crippen molar-refractivity contribution in [3.05, 3.63) is 0 Å². The van der Waals surface area contributed by atoms with Crippen molar-refractivity contribution in [1.29, 1.82) is 0 Å². The Labute approximate surface area is 82.1 Å². The average molecular weight is 242 g/mol. The van der Waals surface area contributed by atoms with Crippen molar-refractivity contribution in [2.75, 3.05) is 27.7 Å². The van der Waals surface area contributed by atoms with Crippen LogP contribution in [0.5, 0.6) is 0 Å². The first-order valence-electron chi connectivity index (χ1n) is 3.83. The molecule has 0 heterocycles. The summed E-state index contributed by atoms with van der Waals surface area (Å²) in [7, 11) is 3.29. The minimum atomic E-state index is -6.24. The second-order valence-electron chi connectivity index (χ2n) is 4.23. The fourth-order valence-corrected chi connectivity index (χ4v) is 0.902. The lowest BCUT2D eigenvalue weighted by Gasteiger charge is -2.33. The molecule has 0 aliphatic rings. The summed E-state index contributed by atoms with van der Waals surface area (Å²) in [5.74, 6) is -11.1. The minimum absolute atomic E-state index is 0.696. The van der Waals surface area contributed by atoms with E-state index in [1.54, 1.807) is 0 Å². The molecule has 92 valence electrons. The quantitative estimate of drug-likeness (QED) is 0.527. The Bertz CT molecular complexity index is 224. The highest BCUT2D eigenvalue weighted by Crippen LogP contribution is 2.46. The fraction of sp³-hybridized carbons (Fsp3) is 1.00. The Hall–Kier alpha value is -0.530. The van der Waals surface area contributed by atoms with Crippen molar-refractivity contribution in [2.24, 2.45) is 0 Å². The molecule has 8 heteroatoms. The topological polar surface area (TPSA) is 0 Å². The largest absolute Gasteiger partial charge is 0.460 e. The summed E-state index contributed by atoms with van der Waals surface area (Å²) in [5.41, 5.74) is 0. The van der Waals surface area contributed by atoms with Crippen molar-refractivity contribution in [3.63, 3.8) is 0 Å². The maximum atomic E-state index is 12.7. The number of halogens is 7. The number of alkyl halides is 7. The maximum Gasteiger partial charge on any atom is 0.460 e. The van der Waals surface area contributed by atoms with E-state index in [0.29, 0.717) is 0 Å². The zero-order valence-corrected chi connectivity index (χ0v) is 8.30. The van der Waals surface area contributed by atoms with Crippen LogP contribution < -0.4 is 0 Å². The lowest BCUT2D eigenvalue weighted by molar-refractivity contribution is -0.880. The lowest BCUT2D eigenvalue weighted by Crippen LogP contribution is -2.59. The van der Waals surface area contributed by atoms with Gasteiger partial charge in [0, 0.05) is 0 Å². The monoisotopic (exact) mass is 242 g/mol. The summed E-state index contributed by atoms with van der Waals surface area (Å²) < 4.78 is 84.4. The second-order valence-corrected chi connectivity index (χ2v) is 4.23. The summed E-state index contributed by atoms with van der Waals surface area (Å²) in [6.07, 6.45) is -6.24. The Morgan fingerprint density at radius 2 is 1.13 bits per heavy atom. The summed E-state index contributed by atoms with van der Waals surface area (Å²) in [5, 5.41) is 0. The molecular formula is C7H11F7N+. The molecule has 0 spiro atoms. The normalized spacial score (nSPS) is 15.6. The van der Waals surface area contributed by atoms with Gasteiger partial charge < -0.3 is 4.48 Å². The molecule has 0 aromatic heterocycles. The smallest absolute Gasteiger partial charge is 0.326 e. The van der Waals surface area contributed by atoms with Crippen molar-refractivity contribution >= 4 is 0 Å². The van der Waals surface area contributed by atoms with Gasteiger partial charge >= 0.3 is 18.0 Å². The van der Waals surface area contributed by atoms with Gasteiger partial charge in [-0.05, 0) is 0 Å². The highest BCUT2D eigenvalue weighted by Gasteiger charge is 2.74. The lowest BCUT2D eigenvalue weighted by atomic mass is 10.1. The first-order chi connectivity index (χ1) is 6.21. The third kappa shape index (κ3) is 3.22. The predicted molar refractivity (Wildman–Crippen MR) is 38.8 cm³/mol. The number of rotatable bonds is 3. The molecule has 0 aliphatic heterocycles. The number of hydrogen-bond donors (Lipinski definition) is 0. The first kappa shape index (κ1) is 14.5. The number of quaternary nitrogens is 1. The summed E-state index contributed by atoms with van der Waals surface area (Å²) >= 11 is 0. The molecule has 0 radical (unpaired) electrons. The Morgan fingerprint density at radius 3 is 1.33 bits per heavy atom. The van der Waals surface area contributed by atoms with Crippen LogP contribution in [0, 0.1) is 0 Å². The molecule has 0 saturated heterocycles. The van der Waals surface area contributed by atoms with Gasteiger partial charge in [-0.25, -0.2) is 0 Å². The van der Waals surface area contributed by atoms with Gasteiger partial charge in [0.15, 0.2) is 0 Å². The van der Waals surface area contributed by atoms with E-state index in [0.717, 1.165) is 21.1 Å². The van der Waals surface area contributed by atoms with Crippen molar-refractivity contribution in [1.82, 2.24) is 0 Å². The molecule has 0 fully saturated rings. The Balaban J connectivity index is 5.03. The average Bonchev–Trinajstić information content (AvgIpc) is 1.77. The van der Waals surface area contributed by atoms with Crippen LogP contribution >= 0.6 is 0 Å². The van der Waals surface area contributed by atoms with Gasteiger partial charge in [0.1, 0.15) is 6.54 Å². The van der Waals surface area contributed by atoms with Crippen molar-refractivity contribution < 1.29 is 35.2 Å². The van der Waals surface area contributed by atoms with Crippen LogP contribution in [0.1, 0.15) is 0 Å². The molecular weight excluding hydrogens is 231 g/mol. The van der Waals surface area contributed by atoms with Crippen LogP contribution in [0.4, 0.5) is 30.7 Å². The van der Waals surface area contributed by atoms with Crippen LogP contribution in [0.15, 0.2) is 0 Å². The first-order valence-corrected chi connectivity index (χ1v) is 3.83. The van der Waals surface area contributed by atoms with Crippen LogP contribution in [-0.4, -0.2) is 50.2 Å². The molecule has 0 aromatic carbocycles. The molecule has 0 aromatic rings. The van der Waals surface area contributed by atoms with E-state index in [1.165, 1.54) is 0 Å². The van der Waals surface area contributed by atoms with E-state index in [9.17, 15) is 30.7 Å². The van der Waals surface area contributed by atoms with E-state index in [-0.39, 0.29) is 0 Å². The van der Waals surface area contributed by atoms with E-state index >= 15 is 0 Å². The molecule has 0 amide bonds. The van der Waals surface area contributed by atoms with Gasteiger partial charge in [0.2, 0.25) is 0 Å².